The molecule has 5 nitrogen and oxygen atoms in total. The highest BCUT2D eigenvalue weighted by atomic mass is 16.5. The first-order valence-corrected chi connectivity index (χ1v) is 11.9. The van der Waals surface area contributed by atoms with Crippen molar-refractivity contribution in [3.05, 3.63) is 135 Å². The van der Waals surface area contributed by atoms with E-state index >= 15 is 0 Å². The fourth-order valence-electron chi connectivity index (χ4n) is 4.30. The molecule has 0 bridgehead atoms. The van der Waals surface area contributed by atoms with Gasteiger partial charge in [0, 0.05) is 49.6 Å². The molecule has 4 heterocycles. The second-order valence-corrected chi connectivity index (χ2v) is 8.54. The molecule has 37 heavy (non-hydrogen) atoms. The average molecular weight is 479 g/mol. The molecule has 0 fully saturated rings. The first-order chi connectivity index (χ1) is 18.3. The molecule has 0 saturated carbocycles. The number of hydrogen-bond acceptors (Lipinski definition) is 5. The molecule has 0 aliphatic heterocycles. The lowest BCUT2D eigenvalue weighted by Crippen LogP contribution is -1.91. The summed E-state index contributed by atoms with van der Waals surface area (Å²) in [5.41, 5.74) is 8.46. The molecule has 0 saturated heterocycles. The highest BCUT2D eigenvalue weighted by Gasteiger charge is 2.11. The van der Waals surface area contributed by atoms with Crippen LogP contribution in [0.4, 0.5) is 0 Å². The molecule has 0 radical (unpaired) electrons. The Morgan fingerprint density at radius 1 is 0.297 bits per heavy atom. The minimum absolute atomic E-state index is 0.744. The van der Waals surface area contributed by atoms with E-state index in [1.54, 1.807) is 49.6 Å². The molecule has 4 aromatic heterocycles. The Morgan fingerprint density at radius 3 is 0.784 bits per heavy atom. The van der Waals surface area contributed by atoms with Crippen molar-refractivity contribution in [2.45, 2.75) is 0 Å². The van der Waals surface area contributed by atoms with Crippen LogP contribution in [-0.4, -0.2) is 19.9 Å². The van der Waals surface area contributed by atoms with E-state index in [9.17, 15) is 0 Å². The SMILES string of the molecule is c1cc(-c2cc(Oc3cc(-c4ccncc4)cc(-c4ccncc4)c3)cc(-c3ccncc3)c2)ccn1. The molecule has 0 atom stereocenters. The van der Waals surface area contributed by atoms with E-state index in [1.165, 1.54) is 0 Å². The molecule has 0 amide bonds. The zero-order chi connectivity index (χ0) is 24.9. The highest BCUT2D eigenvalue weighted by Crippen LogP contribution is 2.36. The first kappa shape index (κ1) is 22.3. The van der Waals surface area contributed by atoms with Crippen molar-refractivity contribution in [1.82, 2.24) is 19.9 Å². The van der Waals surface area contributed by atoms with Gasteiger partial charge in [0.1, 0.15) is 11.5 Å². The summed E-state index contributed by atoms with van der Waals surface area (Å²) in [6.07, 6.45) is 14.4. The quantitative estimate of drug-likeness (QED) is 0.245. The molecule has 6 rings (SSSR count). The third kappa shape index (κ3) is 5.11. The summed E-state index contributed by atoms with van der Waals surface area (Å²) in [5, 5.41) is 0. The van der Waals surface area contributed by atoms with Gasteiger partial charge < -0.3 is 4.74 Å². The summed E-state index contributed by atoms with van der Waals surface area (Å²) in [6.45, 7) is 0. The zero-order valence-electron chi connectivity index (χ0n) is 19.9. The number of pyridine rings is 4. The summed E-state index contributed by atoms with van der Waals surface area (Å²) in [4.78, 5) is 16.7. The maximum Gasteiger partial charge on any atom is 0.128 e. The van der Waals surface area contributed by atoms with Gasteiger partial charge in [-0.2, -0.15) is 0 Å². The second kappa shape index (κ2) is 10.2. The van der Waals surface area contributed by atoms with Crippen molar-refractivity contribution in [2.75, 3.05) is 0 Å². The molecule has 176 valence electrons. The Kier molecular flexibility index (Phi) is 6.16. The first-order valence-electron chi connectivity index (χ1n) is 11.9. The van der Waals surface area contributed by atoms with Gasteiger partial charge in [0.25, 0.3) is 0 Å². The van der Waals surface area contributed by atoms with E-state index in [4.69, 9.17) is 4.74 Å². The van der Waals surface area contributed by atoms with Crippen molar-refractivity contribution >= 4 is 0 Å². The van der Waals surface area contributed by atoms with E-state index in [2.05, 4.69) is 56.3 Å². The summed E-state index contributed by atoms with van der Waals surface area (Å²) >= 11 is 0. The van der Waals surface area contributed by atoms with Crippen LogP contribution in [0.1, 0.15) is 0 Å². The molecule has 0 spiro atoms. The van der Waals surface area contributed by atoms with Crippen LogP contribution in [0.2, 0.25) is 0 Å². The molecule has 2 aromatic carbocycles. The van der Waals surface area contributed by atoms with Gasteiger partial charge in [0.15, 0.2) is 0 Å². The van der Waals surface area contributed by atoms with Crippen LogP contribution in [0.3, 0.4) is 0 Å². The smallest absolute Gasteiger partial charge is 0.128 e. The normalized spacial score (nSPS) is 10.7. The summed E-state index contributed by atoms with van der Waals surface area (Å²) < 4.78 is 6.56. The van der Waals surface area contributed by atoms with Gasteiger partial charge in [-0.1, -0.05) is 0 Å². The second-order valence-electron chi connectivity index (χ2n) is 8.54. The van der Waals surface area contributed by atoms with E-state index in [0.717, 1.165) is 56.0 Å². The van der Waals surface area contributed by atoms with Crippen LogP contribution in [0.5, 0.6) is 11.5 Å². The molecular formula is C32H22N4O. The van der Waals surface area contributed by atoms with Gasteiger partial charge in [-0.3, -0.25) is 19.9 Å². The Bertz CT molecular complexity index is 1380. The lowest BCUT2D eigenvalue weighted by Gasteiger charge is -2.14. The standard InChI is InChI=1S/C32H22N4O/c1-9-33-10-2-23(1)27-17-28(24-3-11-34-12-4-24)20-31(19-27)37-32-21-29(25-5-13-35-14-6-25)18-30(22-32)26-7-15-36-16-8-26/h1-22H. The van der Waals surface area contributed by atoms with Gasteiger partial charge in [0.2, 0.25) is 0 Å². The molecule has 0 aliphatic carbocycles. The van der Waals surface area contributed by atoms with E-state index in [1.807, 2.05) is 48.5 Å². The fourth-order valence-corrected chi connectivity index (χ4v) is 4.30. The maximum absolute atomic E-state index is 6.56. The minimum Gasteiger partial charge on any atom is -0.457 e. The number of aromatic nitrogens is 4. The van der Waals surface area contributed by atoms with Crippen LogP contribution in [0, 0.1) is 0 Å². The molecule has 6 aromatic rings. The highest BCUT2D eigenvalue weighted by molar-refractivity contribution is 5.77. The minimum atomic E-state index is 0.744. The number of benzene rings is 2. The van der Waals surface area contributed by atoms with Crippen molar-refractivity contribution < 1.29 is 4.74 Å². The lowest BCUT2D eigenvalue weighted by atomic mass is 9.99. The molecule has 5 heteroatoms. The lowest BCUT2D eigenvalue weighted by molar-refractivity contribution is 0.483. The Morgan fingerprint density at radius 2 is 0.541 bits per heavy atom. The van der Waals surface area contributed by atoms with Gasteiger partial charge in [-0.05, 0) is 129 Å². The van der Waals surface area contributed by atoms with Crippen LogP contribution in [0.25, 0.3) is 44.5 Å². The van der Waals surface area contributed by atoms with Crippen molar-refractivity contribution in [2.24, 2.45) is 0 Å². The van der Waals surface area contributed by atoms with Crippen LogP contribution in [-0.2, 0) is 0 Å². The van der Waals surface area contributed by atoms with Gasteiger partial charge in [-0.25, -0.2) is 0 Å². The molecule has 0 aliphatic rings. The number of nitrogens with zero attached hydrogens (tertiary/aromatic N) is 4. The molecule has 0 N–H and O–H groups in total. The van der Waals surface area contributed by atoms with Crippen molar-refractivity contribution in [3.8, 4) is 56.0 Å². The third-order valence-corrected chi connectivity index (χ3v) is 6.10. The Hall–Kier alpha value is -5.16. The topological polar surface area (TPSA) is 60.8 Å². The van der Waals surface area contributed by atoms with E-state index in [0.29, 0.717) is 0 Å². The van der Waals surface area contributed by atoms with Crippen LogP contribution in [0.15, 0.2) is 135 Å². The van der Waals surface area contributed by atoms with Crippen molar-refractivity contribution in [1.29, 1.82) is 0 Å². The van der Waals surface area contributed by atoms with Crippen LogP contribution >= 0.6 is 0 Å². The van der Waals surface area contributed by atoms with E-state index < -0.39 is 0 Å². The number of hydrogen-bond donors (Lipinski definition) is 0. The Labute approximate surface area is 215 Å². The monoisotopic (exact) mass is 478 g/mol. The largest absolute Gasteiger partial charge is 0.457 e. The van der Waals surface area contributed by atoms with Gasteiger partial charge in [-0.15, -0.1) is 0 Å². The summed E-state index contributed by atoms with van der Waals surface area (Å²) in [6, 6.07) is 28.6. The average Bonchev–Trinajstić information content (AvgIpc) is 2.99. The number of ether oxygens (including phenoxy) is 1. The van der Waals surface area contributed by atoms with Crippen molar-refractivity contribution in [3.63, 3.8) is 0 Å². The summed E-state index contributed by atoms with van der Waals surface area (Å²) in [5.74, 6) is 1.49. The molecular weight excluding hydrogens is 456 g/mol. The Balaban J connectivity index is 1.46. The fraction of sp³-hybridized carbons (Fsp3) is 0. The van der Waals surface area contributed by atoms with Crippen LogP contribution < -0.4 is 4.74 Å². The van der Waals surface area contributed by atoms with Gasteiger partial charge in [0.05, 0.1) is 0 Å². The van der Waals surface area contributed by atoms with Gasteiger partial charge >= 0.3 is 0 Å². The van der Waals surface area contributed by atoms with E-state index in [-0.39, 0.29) is 0 Å². The third-order valence-electron chi connectivity index (χ3n) is 6.10. The maximum atomic E-state index is 6.56. The summed E-state index contributed by atoms with van der Waals surface area (Å²) in [7, 11) is 0. The predicted octanol–water partition coefficient (Wildman–Crippen LogP) is 7.73. The number of rotatable bonds is 6. The predicted molar refractivity (Wildman–Crippen MR) is 146 cm³/mol. The zero-order valence-corrected chi connectivity index (χ0v) is 19.9. The molecule has 0 unspecified atom stereocenters.